The first kappa shape index (κ1) is 23.7. The predicted octanol–water partition coefficient (Wildman–Crippen LogP) is 3.31. The fourth-order valence-corrected chi connectivity index (χ4v) is 3.67. The molecule has 1 N–H and O–H groups in total. The van der Waals surface area contributed by atoms with Crippen molar-refractivity contribution < 1.29 is 23.9 Å². The minimum absolute atomic E-state index is 0.129. The van der Waals surface area contributed by atoms with Crippen molar-refractivity contribution in [2.24, 2.45) is 5.92 Å². The van der Waals surface area contributed by atoms with Gasteiger partial charge in [-0.25, -0.2) is 4.79 Å². The zero-order valence-electron chi connectivity index (χ0n) is 18.8. The normalized spacial score (nSPS) is 20.0. The number of hydrogen-bond acceptors (Lipinski definition) is 5. The van der Waals surface area contributed by atoms with E-state index in [2.05, 4.69) is 5.32 Å². The molecule has 30 heavy (non-hydrogen) atoms. The van der Waals surface area contributed by atoms with Crippen molar-refractivity contribution in [3.8, 4) is 0 Å². The van der Waals surface area contributed by atoms with Crippen LogP contribution in [0.2, 0.25) is 0 Å². The number of nitrogens with zero attached hydrogens (tertiary/aromatic N) is 1. The van der Waals surface area contributed by atoms with Crippen molar-refractivity contribution in [2.45, 2.75) is 78.2 Å². The number of amides is 2. The highest BCUT2D eigenvalue weighted by atomic mass is 16.6. The summed E-state index contributed by atoms with van der Waals surface area (Å²) in [4.78, 5) is 39.1. The van der Waals surface area contributed by atoms with Gasteiger partial charge in [0.25, 0.3) is 0 Å². The van der Waals surface area contributed by atoms with E-state index >= 15 is 0 Å². The summed E-state index contributed by atoms with van der Waals surface area (Å²) < 4.78 is 10.9. The Morgan fingerprint density at radius 2 is 1.80 bits per heavy atom. The van der Waals surface area contributed by atoms with E-state index < -0.39 is 17.7 Å². The van der Waals surface area contributed by atoms with Gasteiger partial charge in [-0.15, -0.1) is 0 Å². The lowest BCUT2D eigenvalue weighted by molar-refractivity contribution is -0.149. The van der Waals surface area contributed by atoms with Crippen molar-refractivity contribution in [1.29, 1.82) is 0 Å². The highest BCUT2D eigenvalue weighted by Gasteiger charge is 2.42. The Balaban J connectivity index is 2.21. The summed E-state index contributed by atoms with van der Waals surface area (Å²) in [6.45, 7) is 10.9. The van der Waals surface area contributed by atoms with Crippen LogP contribution in [0.5, 0.6) is 0 Å². The zero-order chi connectivity index (χ0) is 22.5. The largest absolute Gasteiger partial charge is 0.460 e. The van der Waals surface area contributed by atoms with Crippen LogP contribution in [0.25, 0.3) is 0 Å². The summed E-state index contributed by atoms with van der Waals surface area (Å²) in [5, 5.41) is 2.73. The number of likely N-dealkylation sites (tertiary alicyclic amines) is 1. The van der Waals surface area contributed by atoms with Gasteiger partial charge in [-0.1, -0.05) is 44.2 Å². The molecular weight excluding hydrogens is 384 g/mol. The number of hydrogen-bond donors (Lipinski definition) is 1. The molecule has 1 aromatic rings. The lowest BCUT2D eigenvalue weighted by Crippen LogP contribution is -2.54. The van der Waals surface area contributed by atoms with E-state index in [-0.39, 0.29) is 29.9 Å². The molecule has 0 aliphatic carbocycles. The Bertz CT molecular complexity index is 742. The molecule has 1 aliphatic rings. The first-order valence-electron chi connectivity index (χ1n) is 10.5. The third kappa shape index (κ3) is 6.75. The van der Waals surface area contributed by atoms with Gasteiger partial charge in [0, 0.05) is 19.9 Å². The molecule has 1 fully saturated rings. The molecule has 7 heteroatoms. The van der Waals surface area contributed by atoms with E-state index in [0.717, 1.165) is 5.56 Å². The van der Waals surface area contributed by atoms with Crippen LogP contribution in [0, 0.1) is 5.92 Å². The van der Waals surface area contributed by atoms with Gasteiger partial charge in [-0.3, -0.25) is 9.59 Å². The molecule has 2 amide bonds. The predicted molar refractivity (Wildman–Crippen MR) is 114 cm³/mol. The second-order valence-corrected chi connectivity index (χ2v) is 9.09. The molecule has 166 valence electrons. The molecule has 2 rings (SSSR count). The van der Waals surface area contributed by atoms with Crippen LogP contribution in [0.1, 0.15) is 53.5 Å². The molecule has 3 atom stereocenters. The van der Waals surface area contributed by atoms with E-state index in [0.29, 0.717) is 19.4 Å². The summed E-state index contributed by atoms with van der Waals surface area (Å²) in [6, 6.07) is 8.79. The third-order valence-corrected chi connectivity index (χ3v) is 4.98. The second-order valence-electron chi connectivity index (χ2n) is 9.09. The molecule has 0 unspecified atom stereocenters. The third-order valence-electron chi connectivity index (χ3n) is 4.98. The Hall–Kier alpha value is -2.57. The van der Waals surface area contributed by atoms with Crippen LogP contribution in [-0.2, 0) is 25.5 Å². The average molecular weight is 419 g/mol. The van der Waals surface area contributed by atoms with E-state index in [4.69, 9.17) is 9.47 Å². The summed E-state index contributed by atoms with van der Waals surface area (Å²) in [6.07, 6.45) is 0.146. The highest BCUT2D eigenvalue weighted by molar-refractivity contribution is 5.86. The van der Waals surface area contributed by atoms with Crippen LogP contribution < -0.4 is 5.32 Å². The van der Waals surface area contributed by atoms with Gasteiger partial charge in [-0.05, 0) is 38.7 Å². The maximum Gasteiger partial charge on any atom is 0.408 e. The Morgan fingerprint density at radius 3 is 2.33 bits per heavy atom. The van der Waals surface area contributed by atoms with Crippen LogP contribution in [-0.4, -0.2) is 53.2 Å². The standard InChI is InChI=1S/C23H34N2O5/c1-15(2)20(24-22(28)30-23(4,5)6)21(27)25-13-12-19(29-16(3)26)18(25)14-17-10-8-7-9-11-17/h7-11,15,18-20H,12-14H2,1-6H3,(H,24,28)/t18-,19+,20-/m0/s1. The Morgan fingerprint density at radius 1 is 1.17 bits per heavy atom. The number of alkyl carbamates (subject to hydrolysis) is 1. The van der Waals surface area contributed by atoms with Crippen LogP contribution in [0.15, 0.2) is 30.3 Å². The van der Waals surface area contributed by atoms with Crippen molar-refractivity contribution >= 4 is 18.0 Å². The second kappa shape index (κ2) is 9.96. The van der Waals surface area contributed by atoms with Gasteiger partial charge in [0.15, 0.2) is 0 Å². The van der Waals surface area contributed by atoms with E-state index in [1.54, 1.807) is 25.7 Å². The number of carbonyl (C=O) groups excluding carboxylic acids is 3. The molecule has 7 nitrogen and oxygen atoms in total. The van der Waals surface area contributed by atoms with Crippen LogP contribution in [0.3, 0.4) is 0 Å². The molecule has 1 saturated heterocycles. The van der Waals surface area contributed by atoms with Crippen molar-refractivity contribution in [1.82, 2.24) is 10.2 Å². The molecule has 0 spiro atoms. The molecule has 0 aromatic heterocycles. The molecule has 1 aromatic carbocycles. The SMILES string of the molecule is CC(=O)O[C@@H]1CCN(C(=O)[C@@H](NC(=O)OC(C)(C)C)C(C)C)[C@H]1Cc1ccccc1. The molecule has 0 saturated carbocycles. The lowest BCUT2D eigenvalue weighted by Gasteiger charge is -2.33. The van der Waals surface area contributed by atoms with Gasteiger partial charge in [0.1, 0.15) is 17.7 Å². The molecule has 1 aliphatic heterocycles. The first-order valence-corrected chi connectivity index (χ1v) is 10.5. The molecule has 1 heterocycles. The van der Waals surface area contributed by atoms with E-state index in [1.165, 1.54) is 6.92 Å². The Labute approximate surface area is 179 Å². The number of carbonyl (C=O) groups is 3. The molecule has 0 bridgehead atoms. The summed E-state index contributed by atoms with van der Waals surface area (Å²) in [7, 11) is 0. The van der Waals surface area contributed by atoms with Gasteiger partial charge in [0.05, 0.1) is 6.04 Å². The van der Waals surface area contributed by atoms with Crippen LogP contribution in [0.4, 0.5) is 4.79 Å². The lowest BCUT2D eigenvalue weighted by atomic mass is 9.99. The maximum atomic E-state index is 13.4. The highest BCUT2D eigenvalue weighted by Crippen LogP contribution is 2.26. The number of esters is 1. The van der Waals surface area contributed by atoms with E-state index in [1.807, 2.05) is 44.2 Å². The van der Waals surface area contributed by atoms with Gasteiger partial charge in [0.2, 0.25) is 5.91 Å². The average Bonchev–Trinajstić information content (AvgIpc) is 3.00. The van der Waals surface area contributed by atoms with Crippen molar-refractivity contribution in [2.75, 3.05) is 6.54 Å². The number of nitrogens with one attached hydrogen (secondary N) is 1. The minimum Gasteiger partial charge on any atom is -0.460 e. The monoisotopic (exact) mass is 418 g/mol. The first-order chi connectivity index (χ1) is 14.0. The molecular formula is C23H34N2O5. The van der Waals surface area contributed by atoms with Crippen molar-refractivity contribution in [3.63, 3.8) is 0 Å². The maximum absolute atomic E-state index is 13.4. The minimum atomic E-state index is -0.728. The summed E-state index contributed by atoms with van der Waals surface area (Å²) >= 11 is 0. The summed E-state index contributed by atoms with van der Waals surface area (Å²) in [5.41, 5.74) is 0.402. The number of ether oxygens (including phenoxy) is 2. The number of benzene rings is 1. The smallest absolute Gasteiger partial charge is 0.408 e. The fourth-order valence-electron chi connectivity index (χ4n) is 3.67. The van der Waals surface area contributed by atoms with Crippen molar-refractivity contribution in [3.05, 3.63) is 35.9 Å². The van der Waals surface area contributed by atoms with Gasteiger partial charge < -0.3 is 19.7 Å². The molecule has 0 radical (unpaired) electrons. The Kier molecular flexibility index (Phi) is 7.87. The zero-order valence-corrected chi connectivity index (χ0v) is 18.8. The van der Waals surface area contributed by atoms with Gasteiger partial charge >= 0.3 is 12.1 Å². The fraction of sp³-hybridized carbons (Fsp3) is 0.609. The number of rotatable bonds is 6. The quantitative estimate of drug-likeness (QED) is 0.717. The van der Waals surface area contributed by atoms with Crippen LogP contribution >= 0.6 is 0 Å². The topological polar surface area (TPSA) is 84.9 Å². The van der Waals surface area contributed by atoms with E-state index in [9.17, 15) is 14.4 Å². The summed E-state index contributed by atoms with van der Waals surface area (Å²) in [5.74, 6) is -0.679. The van der Waals surface area contributed by atoms with Gasteiger partial charge in [-0.2, -0.15) is 0 Å².